The Morgan fingerprint density at radius 3 is 3.12 bits per heavy atom. The van der Waals surface area contributed by atoms with Crippen LogP contribution in [-0.4, -0.2) is 23.8 Å². The molecule has 0 radical (unpaired) electrons. The summed E-state index contributed by atoms with van der Waals surface area (Å²) in [4.78, 5) is 16.1. The predicted molar refractivity (Wildman–Crippen MR) is 67.4 cm³/mol. The molecule has 0 saturated heterocycles. The van der Waals surface area contributed by atoms with Crippen molar-refractivity contribution in [3.8, 4) is 0 Å². The lowest BCUT2D eigenvalue weighted by Crippen LogP contribution is -2.05. The zero-order valence-corrected chi connectivity index (χ0v) is 10.7. The maximum atomic E-state index is 11.8. The van der Waals surface area contributed by atoms with Crippen LogP contribution in [0.2, 0.25) is 0 Å². The predicted octanol–water partition coefficient (Wildman–Crippen LogP) is 3.19. The Morgan fingerprint density at radius 1 is 1.62 bits per heavy atom. The Kier molecular flexibility index (Phi) is 3.46. The summed E-state index contributed by atoms with van der Waals surface area (Å²) in [6, 6.07) is 3.84. The standard InChI is InChI=1S/C11H11NO2S2/c1-3-14-10(13)8-9-7(5-4-6-12-9)16-11(8)15-2/h4-6H,3H2,1-2H3. The molecule has 0 aromatic carbocycles. The summed E-state index contributed by atoms with van der Waals surface area (Å²) >= 11 is 3.13. The minimum absolute atomic E-state index is 0.281. The van der Waals surface area contributed by atoms with Gasteiger partial charge in [0.1, 0.15) is 5.56 Å². The van der Waals surface area contributed by atoms with Crippen LogP contribution in [0, 0.1) is 0 Å². The van der Waals surface area contributed by atoms with E-state index in [1.807, 2.05) is 18.4 Å². The van der Waals surface area contributed by atoms with Crippen molar-refractivity contribution in [3.05, 3.63) is 23.9 Å². The molecular formula is C11H11NO2S2. The van der Waals surface area contributed by atoms with Gasteiger partial charge in [-0.1, -0.05) is 0 Å². The van der Waals surface area contributed by atoms with Crippen LogP contribution < -0.4 is 0 Å². The van der Waals surface area contributed by atoms with Gasteiger partial charge in [0, 0.05) is 6.20 Å². The van der Waals surface area contributed by atoms with E-state index >= 15 is 0 Å². The summed E-state index contributed by atoms with van der Waals surface area (Å²) in [5, 5.41) is 0. The van der Waals surface area contributed by atoms with Crippen molar-refractivity contribution < 1.29 is 9.53 Å². The molecule has 0 spiro atoms. The molecule has 3 nitrogen and oxygen atoms in total. The van der Waals surface area contributed by atoms with Crippen LogP contribution in [0.25, 0.3) is 10.2 Å². The first-order valence-electron chi connectivity index (χ1n) is 4.86. The Labute approximate surface area is 102 Å². The zero-order chi connectivity index (χ0) is 11.5. The summed E-state index contributed by atoms with van der Waals surface area (Å²) < 4.78 is 7.04. The highest BCUT2D eigenvalue weighted by atomic mass is 32.2. The molecule has 0 N–H and O–H groups in total. The van der Waals surface area contributed by atoms with Crippen molar-refractivity contribution in [3.63, 3.8) is 0 Å². The van der Waals surface area contributed by atoms with E-state index in [0.717, 1.165) is 14.4 Å². The Morgan fingerprint density at radius 2 is 2.44 bits per heavy atom. The quantitative estimate of drug-likeness (QED) is 0.622. The second-order valence-corrected chi connectivity index (χ2v) is 5.17. The Hall–Kier alpha value is -1.07. The Balaban J connectivity index is 2.60. The summed E-state index contributed by atoms with van der Waals surface area (Å²) in [7, 11) is 0. The monoisotopic (exact) mass is 253 g/mol. The molecule has 0 aliphatic heterocycles. The number of thiophene rings is 1. The van der Waals surface area contributed by atoms with Crippen LogP contribution >= 0.6 is 23.1 Å². The summed E-state index contributed by atoms with van der Waals surface area (Å²) in [6.45, 7) is 2.19. The van der Waals surface area contributed by atoms with Gasteiger partial charge < -0.3 is 4.74 Å². The van der Waals surface area contributed by atoms with Gasteiger partial charge in [-0.3, -0.25) is 4.98 Å². The topological polar surface area (TPSA) is 39.2 Å². The molecule has 0 atom stereocenters. The number of aromatic nitrogens is 1. The van der Waals surface area contributed by atoms with Gasteiger partial charge in [-0.2, -0.15) is 0 Å². The third-order valence-corrected chi connectivity index (χ3v) is 4.34. The van der Waals surface area contributed by atoms with E-state index in [1.54, 1.807) is 36.2 Å². The van der Waals surface area contributed by atoms with E-state index in [-0.39, 0.29) is 5.97 Å². The van der Waals surface area contributed by atoms with Crippen LogP contribution in [0.4, 0.5) is 0 Å². The van der Waals surface area contributed by atoms with E-state index in [4.69, 9.17) is 4.74 Å². The molecule has 0 aliphatic rings. The first kappa shape index (κ1) is 11.4. The number of rotatable bonds is 3. The smallest absolute Gasteiger partial charge is 0.342 e. The second kappa shape index (κ2) is 4.84. The van der Waals surface area contributed by atoms with Crippen molar-refractivity contribution in [2.75, 3.05) is 12.9 Å². The van der Waals surface area contributed by atoms with Gasteiger partial charge in [-0.05, 0) is 25.3 Å². The Bertz CT molecular complexity index is 522. The number of nitrogens with zero attached hydrogens (tertiary/aromatic N) is 1. The third kappa shape index (κ3) is 1.92. The third-order valence-electron chi connectivity index (χ3n) is 2.08. The van der Waals surface area contributed by atoms with Gasteiger partial charge in [-0.25, -0.2) is 4.79 Å². The highest BCUT2D eigenvalue weighted by molar-refractivity contribution is 8.00. The lowest BCUT2D eigenvalue weighted by molar-refractivity contribution is 0.0525. The van der Waals surface area contributed by atoms with E-state index in [9.17, 15) is 4.79 Å². The SMILES string of the molecule is CCOC(=O)c1c(SC)sc2cccnc12. The van der Waals surface area contributed by atoms with Crippen LogP contribution in [0.3, 0.4) is 0 Å². The maximum Gasteiger partial charge on any atom is 0.342 e. The maximum absolute atomic E-state index is 11.8. The number of hydrogen-bond donors (Lipinski definition) is 0. The number of thioether (sulfide) groups is 1. The molecule has 0 bridgehead atoms. The van der Waals surface area contributed by atoms with Crippen molar-refractivity contribution in [1.29, 1.82) is 0 Å². The first-order chi connectivity index (χ1) is 7.77. The zero-order valence-electron chi connectivity index (χ0n) is 9.02. The first-order valence-corrected chi connectivity index (χ1v) is 6.90. The number of esters is 1. The van der Waals surface area contributed by atoms with Crippen LogP contribution in [0.15, 0.2) is 22.5 Å². The van der Waals surface area contributed by atoms with Gasteiger partial charge >= 0.3 is 5.97 Å². The average Bonchev–Trinajstić information content (AvgIpc) is 2.67. The molecule has 5 heteroatoms. The van der Waals surface area contributed by atoms with E-state index in [0.29, 0.717) is 12.2 Å². The molecule has 16 heavy (non-hydrogen) atoms. The van der Waals surface area contributed by atoms with E-state index in [1.165, 1.54) is 0 Å². The van der Waals surface area contributed by atoms with Crippen LogP contribution in [0.5, 0.6) is 0 Å². The fourth-order valence-corrected chi connectivity index (χ4v) is 3.30. The van der Waals surface area contributed by atoms with Gasteiger partial charge in [0.05, 0.1) is 21.0 Å². The molecule has 2 heterocycles. The number of hydrogen-bond acceptors (Lipinski definition) is 5. The minimum Gasteiger partial charge on any atom is -0.462 e. The highest BCUT2D eigenvalue weighted by Gasteiger charge is 2.20. The highest BCUT2D eigenvalue weighted by Crippen LogP contribution is 2.36. The van der Waals surface area contributed by atoms with Crippen molar-refractivity contribution >= 4 is 39.3 Å². The fourth-order valence-electron chi connectivity index (χ4n) is 1.44. The summed E-state index contributed by atoms with van der Waals surface area (Å²) in [5.74, 6) is -0.281. The molecule has 0 unspecified atom stereocenters. The van der Waals surface area contributed by atoms with E-state index in [2.05, 4.69) is 4.98 Å². The van der Waals surface area contributed by atoms with Crippen molar-refractivity contribution in [1.82, 2.24) is 4.98 Å². The molecule has 0 aliphatic carbocycles. The lowest BCUT2D eigenvalue weighted by atomic mass is 10.3. The van der Waals surface area contributed by atoms with Crippen molar-refractivity contribution in [2.45, 2.75) is 11.1 Å². The van der Waals surface area contributed by atoms with Crippen LogP contribution in [0.1, 0.15) is 17.3 Å². The molecule has 0 fully saturated rings. The molecular weight excluding hydrogens is 242 g/mol. The van der Waals surface area contributed by atoms with Gasteiger partial charge in [0.25, 0.3) is 0 Å². The summed E-state index contributed by atoms with van der Waals surface area (Å²) in [5.41, 5.74) is 1.35. The van der Waals surface area contributed by atoms with Gasteiger partial charge in [0.2, 0.25) is 0 Å². The summed E-state index contributed by atoms with van der Waals surface area (Å²) in [6.07, 6.45) is 3.65. The van der Waals surface area contributed by atoms with E-state index < -0.39 is 0 Å². The molecule has 0 saturated carbocycles. The van der Waals surface area contributed by atoms with Crippen LogP contribution in [-0.2, 0) is 4.74 Å². The second-order valence-electron chi connectivity index (χ2n) is 3.04. The number of carbonyl (C=O) groups is 1. The molecule has 2 aromatic rings. The molecule has 2 rings (SSSR count). The number of fused-ring (bicyclic) bond motifs is 1. The lowest BCUT2D eigenvalue weighted by Gasteiger charge is -2.01. The average molecular weight is 253 g/mol. The molecule has 84 valence electrons. The molecule has 0 amide bonds. The number of pyridine rings is 1. The van der Waals surface area contributed by atoms with Gasteiger partial charge in [0.15, 0.2) is 0 Å². The fraction of sp³-hybridized carbons (Fsp3) is 0.273. The number of carbonyl (C=O) groups excluding carboxylic acids is 1. The van der Waals surface area contributed by atoms with Gasteiger partial charge in [-0.15, -0.1) is 23.1 Å². The normalized spacial score (nSPS) is 10.6. The molecule has 2 aromatic heterocycles. The van der Waals surface area contributed by atoms with Crippen molar-refractivity contribution in [2.24, 2.45) is 0 Å². The largest absolute Gasteiger partial charge is 0.462 e. The minimum atomic E-state index is -0.281. The number of ether oxygens (including phenoxy) is 1.